The van der Waals surface area contributed by atoms with Gasteiger partial charge in [-0.2, -0.15) is 0 Å². The van der Waals surface area contributed by atoms with Gasteiger partial charge in [0.1, 0.15) is 23.1 Å². The molecule has 4 rings (SSSR count). The standard InChI is InChI=1S/C29H28Cl2F2N2O4S/c1-28(2,25-19(30)7-6-8-20(25)31)24-16(15-11-21(32)18(14-36)22(12-15)40(5,38)39)9-10-17(26(24)33)27-34-13-23(35-27)29(3,4)37/h6-13,36-37H,14H2,1-5H3,(H,34,35). The second-order valence-electron chi connectivity index (χ2n) is 10.6. The predicted octanol–water partition coefficient (Wildman–Crippen LogP) is 6.78. The van der Waals surface area contributed by atoms with Gasteiger partial charge in [-0.1, -0.05) is 49.2 Å². The van der Waals surface area contributed by atoms with Gasteiger partial charge in [-0.25, -0.2) is 22.2 Å². The number of aromatic amines is 1. The number of imidazole rings is 1. The summed E-state index contributed by atoms with van der Waals surface area (Å²) in [5.74, 6) is -1.55. The van der Waals surface area contributed by atoms with Gasteiger partial charge in [0, 0.05) is 32.8 Å². The van der Waals surface area contributed by atoms with Crippen molar-refractivity contribution in [3.05, 3.63) is 92.7 Å². The smallest absolute Gasteiger partial charge is 0.176 e. The molecule has 3 aromatic carbocycles. The van der Waals surface area contributed by atoms with E-state index in [0.29, 0.717) is 11.3 Å². The molecule has 11 heteroatoms. The molecule has 0 fully saturated rings. The molecule has 0 aliphatic rings. The van der Waals surface area contributed by atoms with Crippen molar-refractivity contribution in [1.29, 1.82) is 0 Å². The number of hydrogen-bond donors (Lipinski definition) is 3. The summed E-state index contributed by atoms with van der Waals surface area (Å²) in [6.07, 6.45) is 2.31. The van der Waals surface area contributed by atoms with Crippen LogP contribution in [0.2, 0.25) is 10.0 Å². The molecule has 0 atom stereocenters. The first-order chi connectivity index (χ1) is 18.5. The Morgan fingerprint density at radius 2 is 1.57 bits per heavy atom. The van der Waals surface area contributed by atoms with Gasteiger partial charge in [-0.05, 0) is 60.9 Å². The van der Waals surface area contributed by atoms with Crippen LogP contribution in [0.1, 0.15) is 50.1 Å². The fourth-order valence-corrected chi connectivity index (χ4v) is 6.67. The molecule has 0 amide bonds. The zero-order valence-corrected chi connectivity index (χ0v) is 24.7. The summed E-state index contributed by atoms with van der Waals surface area (Å²) in [5, 5.41) is 20.6. The number of aliphatic hydroxyl groups excluding tert-OH is 1. The van der Waals surface area contributed by atoms with Crippen molar-refractivity contribution in [2.45, 2.75) is 50.2 Å². The summed E-state index contributed by atoms with van der Waals surface area (Å²) >= 11 is 13.1. The molecule has 0 spiro atoms. The molecule has 0 aliphatic carbocycles. The maximum Gasteiger partial charge on any atom is 0.176 e. The fraction of sp³-hybridized carbons (Fsp3) is 0.276. The Morgan fingerprint density at radius 3 is 2.10 bits per heavy atom. The lowest BCUT2D eigenvalue weighted by Gasteiger charge is -2.31. The Kier molecular flexibility index (Phi) is 7.94. The number of H-pyrrole nitrogens is 1. The van der Waals surface area contributed by atoms with E-state index in [1.807, 2.05) is 0 Å². The van der Waals surface area contributed by atoms with Gasteiger partial charge in [0.25, 0.3) is 0 Å². The highest BCUT2D eigenvalue weighted by Crippen LogP contribution is 2.47. The van der Waals surface area contributed by atoms with Crippen molar-refractivity contribution in [2.75, 3.05) is 6.26 Å². The van der Waals surface area contributed by atoms with Crippen LogP contribution in [-0.2, 0) is 27.5 Å². The summed E-state index contributed by atoms with van der Waals surface area (Å²) in [5.41, 5.74) is -1.74. The third kappa shape index (κ3) is 5.41. The van der Waals surface area contributed by atoms with Crippen molar-refractivity contribution in [3.63, 3.8) is 0 Å². The van der Waals surface area contributed by atoms with Gasteiger partial charge >= 0.3 is 0 Å². The Morgan fingerprint density at radius 1 is 0.975 bits per heavy atom. The summed E-state index contributed by atoms with van der Waals surface area (Å²) < 4.78 is 57.0. The lowest BCUT2D eigenvalue weighted by atomic mass is 9.74. The average molecular weight is 610 g/mol. The Hall–Kier alpha value is -2.82. The van der Waals surface area contributed by atoms with Crippen molar-refractivity contribution in [3.8, 4) is 22.5 Å². The maximum absolute atomic E-state index is 16.8. The van der Waals surface area contributed by atoms with Gasteiger partial charge in [0.15, 0.2) is 9.84 Å². The minimum Gasteiger partial charge on any atom is -0.392 e. The van der Waals surface area contributed by atoms with Crippen LogP contribution < -0.4 is 0 Å². The summed E-state index contributed by atoms with van der Waals surface area (Å²) in [6.45, 7) is 5.68. The molecular weight excluding hydrogens is 581 g/mol. The third-order valence-corrected chi connectivity index (χ3v) is 8.66. The zero-order chi connectivity index (χ0) is 29.8. The minimum absolute atomic E-state index is 0.0526. The highest BCUT2D eigenvalue weighted by atomic mass is 35.5. The van der Waals surface area contributed by atoms with Crippen LogP contribution in [0.3, 0.4) is 0 Å². The van der Waals surface area contributed by atoms with E-state index in [-0.39, 0.29) is 43.7 Å². The highest BCUT2D eigenvalue weighted by Gasteiger charge is 2.35. The molecule has 3 N–H and O–H groups in total. The average Bonchev–Trinajstić information content (AvgIpc) is 3.33. The summed E-state index contributed by atoms with van der Waals surface area (Å²) in [6, 6.07) is 10.1. The maximum atomic E-state index is 16.8. The molecule has 6 nitrogen and oxygen atoms in total. The molecule has 1 heterocycles. The normalized spacial score (nSPS) is 12.7. The summed E-state index contributed by atoms with van der Waals surface area (Å²) in [4.78, 5) is 6.79. The van der Waals surface area contributed by atoms with Crippen molar-refractivity contribution < 1.29 is 27.4 Å². The first kappa shape index (κ1) is 30.1. The third-order valence-electron chi connectivity index (χ3n) is 6.87. The largest absolute Gasteiger partial charge is 0.392 e. The number of rotatable bonds is 7. The van der Waals surface area contributed by atoms with E-state index in [4.69, 9.17) is 23.2 Å². The van der Waals surface area contributed by atoms with Crippen LogP contribution in [0.4, 0.5) is 8.78 Å². The van der Waals surface area contributed by atoms with Crippen LogP contribution in [0.25, 0.3) is 22.5 Å². The lowest BCUT2D eigenvalue weighted by molar-refractivity contribution is 0.0744. The van der Waals surface area contributed by atoms with Crippen molar-refractivity contribution in [1.82, 2.24) is 9.97 Å². The predicted molar refractivity (Wildman–Crippen MR) is 152 cm³/mol. The zero-order valence-electron chi connectivity index (χ0n) is 22.4. The molecule has 0 unspecified atom stereocenters. The fourth-order valence-electron chi connectivity index (χ4n) is 4.85. The van der Waals surface area contributed by atoms with Gasteiger partial charge in [-0.3, -0.25) is 0 Å². The van der Waals surface area contributed by atoms with E-state index < -0.39 is 44.0 Å². The molecular formula is C29H28Cl2F2N2O4S. The number of nitrogens with one attached hydrogen (secondary N) is 1. The second kappa shape index (κ2) is 10.5. The van der Waals surface area contributed by atoms with Crippen molar-refractivity contribution >= 4 is 33.0 Å². The van der Waals surface area contributed by atoms with Crippen LogP contribution >= 0.6 is 23.2 Å². The van der Waals surface area contributed by atoms with Crippen molar-refractivity contribution in [2.24, 2.45) is 0 Å². The van der Waals surface area contributed by atoms with E-state index in [2.05, 4.69) is 9.97 Å². The molecule has 0 aliphatic heterocycles. The highest BCUT2D eigenvalue weighted by molar-refractivity contribution is 7.90. The number of aliphatic hydroxyl groups is 2. The van der Waals surface area contributed by atoms with Crippen LogP contribution in [0.15, 0.2) is 53.6 Å². The first-order valence-electron chi connectivity index (χ1n) is 12.2. The van der Waals surface area contributed by atoms with E-state index >= 15 is 8.78 Å². The van der Waals surface area contributed by atoms with E-state index in [9.17, 15) is 18.6 Å². The quantitative estimate of drug-likeness (QED) is 0.215. The number of aromatic nitrogens is 2. The molecule has 4 aromatic rings. The summed E-state index contributed by atoms with van der Waals surface area (Å²) in [7, 11) is -3.96. The number of halogens is 4. The Bertz CT molecular complexity index is 1710. The van der Waals surface area contributed by atoms with Gasteiger partial charge in [-0.15, -0.1) is 0 Å². The molecule has 0 saturated heterocycles. The molecule has 1 aromatic heterocycles. The van der Waals surface area contributed by atoms with Gasteiger partial charge in [0.05, 0.1) is 29.0 Å². The molecule has 0 bridgehead atoms. The molecule has 0 saturated carbocycles. The topological polar surface area (TPSA) is 103 Å². The SMILES string of the molecule is CC(C)(O)c1cnc(-c2ccc(-c3cc(F)c(CO)c(S(C)(=O)=O)c3)c(C(C)(C)c3c(Cl)cccc3Cl)c2F)[nH]1. The monoisotopic (exact) mass is 608 g/mol. The molecule has 212 valence electrons. The van der Waals surface area contributed by atoms with Crippen LogP contribution in [0, 0.1) is 11.6 Å². The van der Waals surface area contributed by atoms with E-state index in [1.54, 1.807) is 45.9 Å². The molecule has 40 heavy (non-hydrogen) atoms. The minimum atomic E-state index is -3.96. The number of hydrogen-bond acceptors (Lipinski definition) is 5. The van der Waals surface area contributed by atoms with Crippen LogP contribution in [0.5, 0.6) is 0 Å². The Balaban J connectivity index is 2.10. The first-order valence-corrected chi connectivity index (χ1v) is 14.8. The number of sulfone groups is 1. The van der Waals surface area contributed by atoms with Gasteiger partial charge < -0.3 is 15.2 Å². The molecule has 0 radical (unpaired) electrons. The van der Waals surface area contributed by atoms with E-state index in [0.717, 1.165) is 12.3 Å². The lowest BCUT2D eigenvalue weighted by Crippen LogP contribution is -2.24. The van der Waals surface area contributed by atoms with Crippen LogP contribution in [-0.4, -0.2) is 34.9 Å². The van der Waals surface area contributed by atoms with Gasteiger partial charge in [0.2, 0.25) is 0 Å². The van der Waals surface area contributed by atoms with E-state index in [1.165, 1.54) is 24.4 Å². The second-order valence-corrected chi connectivity index (χ2v) is 13.4. The number of benzene rings is 3. The Labute approximate surface area is 241 Å². The number of nitrogens with zero attached hydrogens (tertiary/aromatic N) is 1.